The van der Waals surface area contributed by atoms with Crippen molar-refractivity contribution in [2.24, 2.45) is 11.8 Å². The topological polar surface area (TPSA) is 97.0 Å². The Labute approximate surface area is 243 Å². The maximum atomic E-state index is 14.2. The fraction of sp³-hybridized carbons (Fsp3) is 0.433. The Morgan fingerprint density at radius 3 is 2.55 bits per heavy atom. The number of carbonyl (C=O) groups is 3. The summed E-state index contributed by atoms with van der Waals surface area (Å²) in [6.07, 6.45) is 8.08. The minimum atomic E-state index is -1.24. The molecule has 210 valence electrons. The second-order valence-corrected chi connectivity index (χ2v) is 11.9. The number of fused-ring (bicyclic) bond motifs is 1. The summed E-state index contributed by atoms with van der Waals surface area (Å²) in [6, 6.07) is 11.3. The monoisotopic (exact) mass is 583 g/mol. The van der Waals surface area contributed by atoms with E-state index in [4.69, 9.17) is 32.7 Å². The molecule has 2 aromatic carbocycles. The highest BCUT2D eigenvalue weighted by molar-refractivity contribution is 6.35. The van der Waals surface area contributed by atoms with Crippen LogP contribution in [0.1, 0.15) is 37.7 Å². The van der Waals surface area contributed by atoms with Gasteiger partial charge >= 0.3 is 0 Å². The van der Waals surface area contributed by atoms with Gasteiger partial charge in [0.25, 0.3) is 0 Å². The number of methoxy groups -OCH3 is 1. The van der Waals surface area contributed by atoms with Gasteiger partial charge in [-0.25, -0.2) is 0 Å². The van der Waals surface area contributed by atoms with E-state index in [1.165, 1.54) is 0 Å². The van der Waals surface area contributed by atoms with Crippen LogP contribution in [0.5, 0.6) is 5.75 Å². The molecular weight excluding hydrogens is 553 g/mol. The van der Waals surface area contributed by atoms with Crippen LogP contribution in [0.4, 0.5) is 5.69 Å². The van der Waals surface area contributed by atoms with Crippen molar-refractivity contribution in [1.82, 2.24) is 10.2 Å². The molecule has 0 radical (unpaired) electrons. The Morgan fingerprint density at radius 1 is 1.07 bits per heavy atom. The molecule has 2 saturated heterocycles. The molecule has 3 heterocycles. The number of rotatable bonds is 7. The van der Waals surface area contributed by atoms with Crippen molar-refractivity contribution >= 4 is 46.6 Å². The summed E-state index contributed by atoms with van der Waals surface area (Å²) < 4.78 is 11.8. The lowest BCUT2D eigenvalue weighted by Gasteiger charge is -2.34. The molecule has 1 spiro atoms. The van der Waals surface area contributed by atoms with Crippen molar-refractivity contribution in [3.8, 4) is 5.75 Å². The molecule has 3 fully saturated rings. The van der Waals surface area contributed by atoms with Gasteiger partial charge in [-0.2, -0.15) is 0 Å². The van der Waals surface area contributed by atoms with Gasteiger partial charge in [-0.15, -0.1) is 0 Å². The van der Waals surface area contributed by atoms with Crippen molar-refractivity contribution in [1.29, 1.82) is 0 Å². The Bertz CT molecular complexity index is 1360. The van der Waals surface area contributed by atoms with E-state index in [0.717, 1.165) is 37.7 Å². The lowest BCUT2D eigenvalue weighted by atomic mass is 9.74. The number of halogens is 2. The minimum Gasteiger partial charge on any atom is -0.497 e. The van der Waals surface area contributed by atoms with Crippen molar-refractivity contribution in [3.63, 3.8) is 0 Å². The Kier molecular flexibility index (Phi) is 7.27. The fourth-order valence-corrected chi connectivity index (χ4v) is 7.31. The Balaban J connectivity index is 1.33. The molecule has 6 rings (SSSR count). The number of carbonyl (C=O) groups excluding carboxylic acids is 3. The predicted molar refractivity (Wildman–Crippen MR) is 151 cm³/mol. The van der Waals surface area contributed by atoms with E-state index >= 15 is 0 Å². The maximum Gasteiger partial charge on any atom is 0.246 e. The maximum absolute atomic E-state index is 14.2. The van der Waals surface area contributed by atoms with Gasteiger partial charge in [0.15, 0.2) is 0 Å². The molecule has 3 aliphatic heterocycles. The first-order valence-electron chi connectivity index (χ1n) is 13.7. The zero-order valence-corrected chi connectivity index (χ0v) is 23.6. The summed E-state index contributed by atoms with van der Waals surface area (Å²) in [5.74, 6) is -1.95. The number of hydrogen-bond donors (Lipinski definition) is 2. The van der Waals surface area contributed by atoms with Crippen LogP contribution in [-0.2, 0) is 25.7 Å². The molecule has 3 amide bonds. The lowest BCUT2D eigenvalue weighted by Crippen LogP contribution is -2.56. The molecule has 8 nitrogen and oxygen atoms in total. The zero-order chi connectivity index (χ0) is 28.0. The van der Waals surface area contributed by atoms with Gasteiger partial charge in [0.1, 0.15) is 17.4 Å². The summed E-state index contributed by atoms with van der Waals surface area (Å²) in [5.41, 5.74) is -0.00547. The minimum absolute atomic E-state index is 0.0553. The summed E-state index contributed by atoms with van der Waals surface area (Å²) in [6.45, 7) is 0.178. The summed E-state index contributed by atoms with van der Waals surface area (Å²) >= 11 is 12.3. The average Bonchev–Trinajstić information content (AvgIpc) is 3.56. The number of amides is 3. The first kappa shape index (κ1) is 27.1. The number of anilines is 1. The quantitative estimate of drug-likeness (QED) is 0.459. The molecule has 40 heavy (non-hydrogen) atoms. The normalized spacial score (nSPS) is 29.0. The molecule has 4 aliphatic rings. The van der Waals surface area contributed by atoms with Crippen molar-refractivity contribution < 1.29 is 23.9 Å². The fourth-order valence-electron chi connectivity index (χ4n) is 6.78. The van der Waals surface area contributed by atoms with Gasteiger partial charge < -0.3 is 25.0 Å². The highest BCUT2D eigenvalue weighted by Crippen LogP contribution is 2.55. The molecule has 10 heteroatoms. The van der Waals surface area contributed by atoms with E-state index < -0.39 is 29.6 Å². The van der Waals surface area contributed by atoms with Gasteiger partial charge in [0.2, 0.25) is 17.7 Å². The number of likely N-dealkylation sites (tertiary alicyclic amines) is 1. The van der Waals surface area contributed by atoms with Crippen molar-refractivity contribution in [2.45, 2.75) is 62.4 Å². The molecule has 2 N–H and O–H groups in total. The van der Waals surface area contributed by atoms with E-state index in [2.05, 4.69) is 10.6 Å². The smallest absolute Gasteiger partial charge is 0.246 e. The van der Waals surface area contributed by atoms with Gasteiger partial charge in [-0.3, -0.25) is 14.4 Å². The number of nitrogens with zero attached hydrogens (tertiary/aromatic N) is 1. The standard InChI is InChI=1S/C30H31Cl2N3O5/c1-39-22-9-5-6-17(12-22)16-35-26(28(37)33-20-7-3-2-4-8-20)30-11-10-23(40-30)24(25(30)29(35)38)27(36)34-21-14-18(31)13-19(32)15-21/h5-6,9-15,20,23-26H,2-4,7-8,16H2,1H3,(H,33,37)(H,34,36)/t23-,24?,25-,26?,30?/m0/s1. The van der Waals surface area contributed by atoms with Crippen molar-refractivity contribution in [3.05, 3.63) is 70.2 Å². The third-order valence-electron chi connectivity index (χ3n) is 8.49. The first-order valence-corrected chi connectivity index (χ1v) is 14.4. The van der Waals surface area contributed by atoms with Crippen LogP contribution in [0, 0.1) is 11.8 Å². The first-order chi connectivity index (χ1) is 19.3. The van der Waals surface area contributed by atoms with Gasteiger partial charge in [-0.05, 0) is 48.7 Å². The van der Waals surface area contributed by atoms with Crippen LogP contribution in [-0.4, -0.2) is 53.5 Å². The summed E-state index contributed by atoms with van der Waals surface area (Å²) in [5, 5.41) is 6.82. The van der Waals surface area contributed by atoms with E-state index in [0.29, 0.717) is 21.5 Å². The second kappa shape index (κ2) is 10.7. The third kappa shape index (κ3) is 4.76. The Hall–Kier alpha value is -3.07. The van der Waals surface area contributed by atoms with Crippen LogP contribution < -0.4 is 15.4 Å². The van der Waals surface area contributed by atoms with Crippen LogP contribution in [0.25, 0.3) is 0 Å². The average molecular weight is 584 g/mol. The highest BCUT2D eigenvalue weighted by atomic mass is 35.5. The molecule has 0 aromatic heterocycles. The molecular formula is C30H31Cl2N3O5. The van der Waals surface area contributed by atoms with Gasteiger partial charge in [-0.1, -0.05) is 66.7 Å². The second-order valence-electron chi connectivity index (χ2n) is 11.0. The lowest BCUT2D eigenvalue weighted by molar-refractivity contribution is -0.142. The number of nitrogens with one attached hydrogen (secondary N) is 2. The molecule has 2 bridgehead atoms. The molecule has 2 aromatic rings. The Morgan fingerprint density at radius 2 is 1.82 bits per heavy atom. The molecule has 1 aliphatic carbocycles. The van der Waals surface area contributed by atoms with Gasteiger partial charge in [0.05, 0.1) is 25.0 Å². The summed E-state index contributed by atoms with van der Waals surface area (Å²) in [7, 11) is 1.58. The highest BCUT2D eigenvalue weighted by Gasteiger charge is 2.72. The number of benzene rings is 2. The van der Waals surface area contributed by atoms with Crippen LogP contribution in [0.15, 0.2) is 54.6 Å². The predicted octanol–water partition coefficient (Wildman–Crippen LogP) is 4.74. The molecule has 3 unspecified atom stereocenters. The van der Waals surface area contributed by atoms with E-state index in [-0.39, 0.29) is 30.3 Å². The summed E-state index contributed by atoms with van der Waals surface area (Å²) in [4.78, 5) is 43.4. The number of hydrogen-bond acceptors (Lipinski definition) is 5. The molecule has 5 atom stereocenters. The van der Waals surface area contributed by atoms with E-state index in [1.807, 2.05) is 30.3 Å². The zero-order valence-electron chi connectivity index (χ0n) is 22.1. The molecule has 1 saturated carbocycles. The largest absolute Gasteiger partial charge is 0.497 e. The van der Waals surface area contributed by atoms with Crippen LogP contribution in [0.3, 0.4) is 0 Å². The van der Waals surface area contributed by atoms with Gasteiger partial charge in [0, 0.05) is 28.3 Å². The van der Waals surface area contributed by atoms with Crippen molar-refractivity contribution in [2.75, 3.05) is 12.4 Å². The van der Waals surface area contributed by atoms with E-state index in [1.54, 1.807) is 36.3 Å². The van der Waals surface area contributed by atoms with Crippen LogP contribution in [0.2, 0.25) is 10.0 Å². The third-order valence-corrected chi connectivity index (χ3v) is 8.93. The number of ether oxygens (including phenoxy) is 2. The van der Waals surface area contributed by atoms with Crippen LogP contribution >= 0.6 is 23.2 Å². The SMILES string of the molecule is COc1cccc(CN2C(=O)[C@@H]3C(C(=O)Nc4cc(Cl)cc(Cl)c4)[C@@H]4C=CC3(O4)C2C(=O)NC2CCCCC2)c1. The van der Waals surface area contributed by atoms with E-state index in [9.17, 15) is 14.4 Å².